The monoisotopic (exact) mass is 432 g/mol. The molecule has 160 valence electrons. The van der Waals surface area contributed by atoms with Gasteiger partial charge in [0.1, 0.15) is 5.58 Å². The molecule has 1 aromatic heterocycles. The molecule has 0 saturated heterocycles. The van der Waals surface area contributed by atoms with E-state index in [1.807, 2.05) is 60.7 Å². The van der Waals surface area contributed by atoms with Crippen LogP contribution < -0.4 is 16.3 Å². The van der Waals surface area contributed by atoms with Crippen LogP contribution >= 0.6 is 0 Å². The number of fused-ring (bicyclic) bond motifs is 7. The average molecular weight is 432 g/mol. The van der Waals surface area contributed by atoms with Gasteiger partial charge in [-0.2, -0.15) is 0 Å². The summed E-state index contributed by atoms with van der Waals surface area (Å²) in [4.78, 5) is 24.8. The lowest BCUT2D eigenvalue weighted by molar-refractivity contribution is -0.114. The van der Waals surface area contributed by atoms with E-state index in [0.29, 0.717) is 16.8 Å². The Morgan fingerprint density at radius 3 is 2.36 bits per heavy atom. The molecule has 0 aliphatic carbocycles. The molecule has 6 rings (SSSR count). The Kier molecular flexibility index (Phi) is 4.30. The third kappa shape index (κ3) is 3.09. The fourth-order valence-electron chi connectivity index (χ4n) is 4.80. The van der Waals surface area contributed by atoms with Gasteiger partial charge >= 0.3 is 5.63 Å². The van der Waals surface area contributed by atoms with Crippen molar-refractivity contribution in [1.82, 2.24) is 0 Å². The summed E-state index contributed by atoms with van der Waals surface area (Å²) >= 11 is 0. The van der Waals surface area contributed by atoms with Crippen molar-refractivity contribution >= 4 is 39.0 Å². The van der Waals surface area contributed by atoms with Gasteiger partial charge in [0.15, 0.2) is 0 Å². The van der Waals surface area contributed by atoms with Gasteiger partial charge in [0.25, 0.3) is 0 Å². The number of amides is 1. The van der Waals surface area contributed by atoms with Crippen LogP contribution in [0.5, 0.6) is 0 Å². The first kappa shape index (κ1) is 19.3. The zero-order valence-corrected chi connectivity index (χ0v) is 17.9. The van der Waals surface area contributed by atoms with E-state index < -0.39 is 0 Å². The molecule has 0 unspecified atom stereocenters. The second-order valence-electron chi connectivity index (χ2n) is 8.26. The molecule has 4 aromatic carbocycles. The highest BCUT2D eigenvalue weighted by atomic mass is 16.4. The summed E-state index contributed by atoms with van der Waals surface area (Å²) in [5, 5.41) is 9.47. The zero-order chi connectivity index (χ0) is 22.5. The summed E-state index contributed by atoms with van der Waals surface area (Å²) in [5.74, 6) is -0.128. The van der Waals surface area contributed by atoms with E-state index in [1.165, 1.54) is 6.92 Å². The van der Waals surface area contributed by atoms with Crippen molar-refractivity contribution in [2.75, 3.05) is 10.6 Å². The van der Waals surface area contributed by atoms with Crippen molar-refractivity contribution in [1.29, 1.82) is 0 Å². The molecule has 0 bridgehead atoms. The van der Waals surface area contributed by atoms with Gasteiger partial charge in [-0.3, -0.25) is 4.79 Å². The highest BCUT2D eigenvalue weighted by Gasteiger charge is 2.32. The smallest absolute Gasteiger partial charge is 0.342 e. The summed E-state index contributed by atoms with van der Waals surface area (Å²) in [6, 6.07) is 27.2. The standard InChI is InChI=1S/C28H20N2O3/c1-16(31)29-19-13-10-18(11-14-19)27-26-25(21-8-4-5-9-23(21)33-28(26)32)24-20-7-3-2-6-17(20)12-15-22(24)30-27/h2-15,27,30H,1H3,(H,29,31)/t27-/m1/s1. The zero-order valence-electron chi connectivity index (χ0n) is 17.9. The Labute approximate surface area is 189 Å². The van der Waals surface area contributed by atoms with Gasteiger partial charge in [0.05, 0.1) is 11.6 Å². The Bertz CT molecular complexity index is 1620. The molecule has 0 fully saturated rings. The first-order valence-corrected chi connectivity index (χ1v) is 10.8. The lowest BCUT2D eigenvalue weighted by atomic mass is 9.83. The molecule has 2 N–H and O–H groups in total. The Balaban J connectivity index is 1.65. The minimum atomic E-state index is -0.388. The van der Waals surface area contributed by atoms with E-state index in [-0.39, 0.29) is 17.6 Å². The van der Waals surface area contributed by atoms with E-state index in [4.69, 9.17) is 4.42 Å². The van der Waals surface area contributed by atoms with Gasteiger partial charge in [-0.1, -0.05) is 60.7 Å². The number of para-hydroxylation sites is 1. The predicted octanol–water partition coefficient (Wildman–Crippen LogP) is 6.09. The van der Waals surface area contributed by atoms with Crippen LogP contribution in [0, 0.1) is 0 Å². The average Bonchev–Trinajstić information content (AvgIpc) is 2.83. The molecular weight excluding hydrogens is 412 g/mol. The van der Waals surface area contributed by atoms with Crippen LogP contribution in [0.1, 0.15) is 24.1 Å². The molecule has 5 heteroatoms. The molecule has 1 aliphatic rings. The number of nitrogens with one attached hydrogen (secondary N) is 2. The van der Waals surface area contributed by atoms with Gasteiger partial charge < -0.3 is 15.1 Å². The third-order valence-corrected chi connectivity index (χ3v) is 6.18. The second-order valence-corrected chi connectivity index (χ2v) is 8.26. The van der Waals surface area contributed by atoms with Crippen LogP contribution in [-0.2, 0) is 4.79 Å². The van der Waals surface area contributed by atoms with Crippen LogP contribution in [-0.4, -0.2) is 5.91 Å². The van der Waals surface area contributed by atoms with Crippen molar-refractivity contribution in [2.45, 2.75) is 13.0 Å². The number of carbonyl (C=O) groups excluding carboxylic acids is 1. The number of carbonyl (C=O) groups is 1. The van der Waals surface area contributed by atoms with Crippen molar-refractivity contribution < 1.29 is 9.21 Å². The van der Waals surface area contributed by atoms with Crippen LogP contribution in [0.25, 0.3) is 32.9 Å². The molecule has 33 heavy (non-hydrogen) atoms. The number of rotatable bonds is 2. The quantitative estimate of drug-likeness (QED) is 0.331. The van der Waals surface area contributed by atoms with Crippen LogP contribution in [0.4, 0.5) is 11.4 Å². The van der Waals surface area contributed by atoms with Crippen molar-refractivity contribution in [2.24, 2.45) is 0 Å². The fourth-order valence-corrected chi connectivity index (χ4v) is 4.80. The molecule has 1 aliphatic heterocycles. The highest BCUT2D eigenvalue weighted by Crippen LogP contribution is 2.47. The van der Waals surface area contributed by atoms with E-state index in [0.717, 1.165) is 38.5 Å². The maximum absolute atomic E-state index is 13.4. The lowest BCUT2D eigenvalue weighted by Gasteiger charge is -2.30. The number of hydrogen-bond acceptors (Lipinski definition) is 4. The molecule has 1 amide bonds. The summed E-state index contributed by atoms with van der Waals surface area (Å²) in [6.07, 6.45) is 0. The van der Waals surface area contributed by atoms with Crippen molar-refractivity contribution in [3.8, 4) is 11.1 Å². The van der Waals surface area contributed by atoms with Gasteiger partial charge in [-0.25, -0.2) is 4.79 Å². The van der Waals surface area contributed by atoms with E-state index in [9.17, 15) is 9.59 Å². The molecule has 5 nitrogen and oxygen atoms in total. The molecule has 5 aromatic rings. The van der Waals surface area contributed by atoms with Crippen molar-refractivity contribution in [3.63, 3.8) is 0 Å². The summed E-state index contributed by atoms with van der Waals surface area (Å²) < 4.78 is 5.76. The number of anilines is 2. The molecule has 2 heterocycles. The Hall–Kier alpha value is -4.38. The minimum Gasteiger partial charge on any atom is -0.422 e. The molecule has 0 saturated carbocycles. The Morgan fingerprint density at radius 1 is 0.848 bits per heavy atom. The van der Waals surface area contributed by atoms with E-state index in [2.05, 4.69) is 34.9 Å². The lowest BCUT2D eigenvalue weighted by Crippen LogP contribution is -2.25. The van der Waals surface area contributed by atoms with E-state index >= 15 is 0 Å². The SMILES string of the molecule is CC(=O)Nc1ccc([C@H]2Nc3ccc4ccccc4c3-c3c2c(=O)oc2ccccc32)cc1. The summed E-state index contributed by atoms with van der Waals surface area (Å²) in [7, 11) is 0. The maximum atomic E-state index is 13.4. The molecule has 0 spiro atoms. The predicted molar refractivity (Wildman–Crippen MR) is 132 cm³/mol. The first-order chi connectivity index (χ1) is 16.1. The second kappa shape index (κ2) is 7.35. The molecule has 0 radical (unpaired) electrons. The third-order valence-electron chi connectivity index (χ3n) is 6.18. The van der Waals surface area contributed by atoms with Crippen molar-refractivity contribution in [3.05, 3.63) is 106 Å². The maximum Gasteiger partial charge on any atom is 0.342 e. The number of hydrogen-bond donors (Lipinski definition) is 2. The van der Waals surface area contributed by atoms with Gasteiger partial charge in [-0.05, 0) is 40.6 Å². The molecule has 1 atom stereocenters. The fraction of sp³-hybridized carbons (Fsp3) is 0.0714. The first-order valence-electron chi connectivity index (χ1n) is 10.8. The van der Waals surface area contributed by atoms with Crippen LogP contribution in [0.15, 0.2) is 94.1 Å². The van der Waals surface area contributed by atoms with Crippen LogP contribution in [0.3, 0.4) is 0 Å². The van der Waals surface area contributed by atoms with Gasteiger partial charge in [0, 0.05) is 34.8 Å². The Morgan fingerprint density at radius 2 is 1.58 bits per heavy atom. The number of benzene rings is 4. The normalized spacial score (nSPS) is 14.4. The highest BCUT2D eigenvalue weighted by molar-refractivity contribution is 6.11. The van der Waals surface area contributed by atoms with Crippen LogP contribution in [0.2, 0.25) is 0 Å². The van der Waals surface area contributed by atoms with E-state index in [1.54, 1.807) is 0 Å². The summed E-state index contributed by atoms with van der Waals surface area (Å²) in [5.41, 5.74) is 5.30. The van der Waals surface area contributed by atoms with Gasteiger partial charge in [0.2, 0.25) is 5.91 Å². The summed E-state index contributed by atoms with van der Waals surface area (Å²) in [6.45, 7) is 1.48. The topological polar surface area (TPSA) is 71.3 Å². The molecular formula is C28H20N2O3. The largest absolute Gasteiger partial charge is 0.422 e. The van der Waals surface area contributed by atoms with Gasteiger partial charge in [-0.15, -0.1) is 0 Å². The minimum absolute atomic E-state index is 0.128.